The lowest BCUT2D eigenvalue weighted by molar-refractivity contribution is -0.139. The highest BCUT2D eigenvalue weighted by molar-refractivity contribution is 8.00. The second-order valence-electron chi connectivity index (χ2n) is 4.16. The van der Waals surface area contributed by atoms with Gasteiger partial charge in [-0.3, -0.25) is 9.59 Å². The van der Waals surface area contributed by atoms with Crippen molar-refractivity contribution in [2.45, 2.75) is 20.8 Å². The van der Waals surface area contributed by atoms with Crippen molar-refractivity contribution in [2.75, 3.05) is 23.4 Å². The van der Waals surface area contributed by atoms with Gasteiger partial charge in [-0.2, -0.15) is 0 Å². The zero-order chi connectivity index (χ0) is 14.3. The highest BCUT2D eigenvalue weighted by Crippen LogP contribution is 2.16. The van der Waals surface area contributed by atoms with Gasteiger partial charge in [-0.05, 0) is 32.4 Å². The molecule has 4 nitrogen and oxygen atoms in total. The Kier molecular flexibility index (Phi) is 6.42. The van der Waals surface area contributed by atoms with Gasteiger partial charge in [0.1, 0.15) is 0 Å². The molecule has 5 heteroatoms. The third kappa shape index (κ3) is 5.79. The molecule has 0 saturated carbocycles. The number of amides is 1. The van der Waals surface area contributed by atoms with Crippen LogP contribution in [-0.4, -0.2) is 30.0 Å². The third-order valence-electron chi connectivity index (χ3n) is 2.41. The van der Waals surface area contributed by atoms with Crippen LogP contribution in [0.1, 0.15) is 18.1 Å². The number of anilines is 1. The lowest BCUT2D eigenvalue weighted by Crippen LogP contribution is -2.16. The van der Waals surface area contributed by atoms with E-state index in [9.17, 15) is 9.59 Å². The smallest absolute Gasteiger partial charge is 0.315 e. The summed E-state index contributed by atoms with van der Waals surface area (Å²) in [4.78, 5) is 22.8. The molecular formula is C14H19NO3S. The van der Waals surface area contributed by atoms with Crippen LogP contribution in [0.4, 0.5) is 5.69 Å². The van der Waals surface area contributed by atoms with E-state index in [0.717, 1.165) is 16.8 Å². The van der Waals surface area contributed by atoms with Gasteiger partial charge in [-0.15, -0.1) is 11.8 Å². The van der Waals surface area contributed by atoms with E-state index in [2.05, 4.69) is 5.32 Å². The highest BCUT2D eigenvalue weighted by atomic mass is 32.2. The normalized spacial score (nSPS) is 10.1. The summed E-state index contributed by atoms with van der Waals surface area (Å²) in [6.45, 7) is 6.09. The number of hydrogen-bond acceptors (Lipinski definition) is 4. The third-order valence-corrected chi connectivity index (χ3v) is 3.32. The highest BCUT2D eigenvalue weighted by Gasteiger charge is 2.07. The Labute approximate surface area is 117 Å². The maximum Gasteiger partial charge on any atom is 0.315 e. The van der Waals surface area contributed by atoms with E-state index >= 15 is 0 Å². The molecule has 104 valence electrons. The average molecular weight is 281 g/mol. The molecule has 0 heterocycles. The fourth-order valence-corrected chi connectivity index (χ4v) is 2.18. The van der Waals surface area contributed by atoms with Gasteiger partial charge in [0.2, 0.25) is 5.91 Å². The number of carbonyl (C=O) groups is 2. The molecular weight excluding hydrogens is 262 g/mol. The topological polar surface area (TPSA) is 55.4 Å². The van der Waals surface area contributed by atoms with Crippen molar-refractivity contribution in [2.24, 2.45) is 0 Å². The molecule has 0 unspecified atom stereocenters. The van der Waals surface area contributed by atoms with Gasteiger partial charge in [0.05, 0.1) is 18.1 Å². The van der Waals surface area contributed by atoms with Crippen molar-refractivity contribution in [1.29, 1.82) is 0 Å². The zero-order valence-corrected chi connectivity index (χ0v) is 12.3. The molecule has 0 bridgehead atoms. The van der Waals surface area contributed by atoms with Gasteiger partial charge in [0.25, 0.3) is 0 Å². The average Bonchev–Trinajstić information content (AvgIpc) is 2.33. The summed E-state index contributed by atoms with van der Waals surface area (Å²) in [5.74, 6) is 0.0494. The molecule has 1 rings (SSSR count). The van der Waals surface area contributed by atoms with E-state index in [1.54, 1.807) is 6.92 Å². The lowest BCUT2D eigenvalue weighted by Gasteiger charge is -2.08. The first-order chi connectivity index (χ1) is 9.02. The standard InChI is InChI=1S/C14H19NO3S/c1-4-18-14(17)9-19-8-13(16)15-12-6-5-10(2)7-11(12)3/h5-7H,4,8-9H2,1-3H3,(H,15,16). The van der Waals surface area contributed by atoms with Crippen LogP contribution in [0.5, 0.6) is 0 Å². The van der Waals surface area contributed by atoms with Crippen LogP contribution in [0.2, 0.25) is 0 Å². The summed E-state index contributed by atoms with van der Waals surface area (Å²) in [6, 6.07) is 5.86. The molecule has 0 atom stereocenters. The minimum atomic E-state index is -0.285. The van der Waals surface area contributed by atoms with Gasteiger partial charge in [-0.25, -0.2) is 0 Å². The minimum Gasteiger partial charge on any atom is -0.465 e. The Hall–Kier alpha value is -1.49. The Morgan fingerprint density at radius 2 is 2.00 bits per heavy atom. The van der Waals surface area contributed by atoms with Crippen LogP contribution < -0.4 is 5.32 Å². The molecule has 0 saturated heterocycles. The molecule has 0 spiro atoms. The summed E-state index contributed by atoms with van der Waals surface area (Å²) in [5, 5.41) is 2.83. The van der Waals surface area contributed by atoms with E-state index in [4.69, 9.17) is 4.74 Å². The minimum absolute atomic E-state index is 0.110. The van der Waals surface area contributed by atoms with Crippen molar-refractivity contribution in [3.63, 3.8) is 0 Å². The molecule has 0 aliphatic carbocycles. The number of aryl methyl sites for hydroxylation is 2. The summed E-state index contributed by atoms with van der Waals surface area (Å²) in [7, 11) is 0. The van der Waals surface area contributed by atoms with Gasteiger partial charge >= 0.3 is 5.97 Å². The number of esters is 1. The predicted molar refractivity (Wildman–Crippen MR) is 78.5 cm³/mol. The molecule has 0 fully saturated rings. The molecule has 1 amide bonds. The van der Waals surface area contributed by atoms with Crippen molar-refractivity contribution in [1.82, 2.24) is 0 Å². The number of carbonyl (C=O) groups excluding carboxylic acids is 2. The monoisotopic (exact) mass is 281 g/mol. The van der Waals surface area contributed by atoms with Gasteiger partial charge < -0.3 is 10.1 Å². The van der Waals surface area contributed by atoms with Gasteiger partial charge in [0.15, 0.2) is 0 Å². The Bertz CT molecular complexity index is 460. The van der Waals surface area contributed by atoms with E-state index in [-0.39, 0.29) is 23.4 Å². The Morgan fingerprint density at radius 3 is 2.63 bits per heavy atom. The molecule has 0 radical (unpaired) electrons. The fraction of sp³-hybridized carbons (Fsp3) is 0.429. The maximum absolute atomic E-state index is 11.7. The number of rotatable bonds is 6. The van der Waals surface area contributed by atoms with Crippen molar-refractivity contribution < 1.29 is 14.3 Å². The van der Waals surface area contributed by atoms with Crippen LogP contribution in [0, 0.1) is 13.8 Å². The first-order valence-electron chi connectivity index (χ1n) is 6.13. The van der Waals surface area contributed by atoms with Crippen LogP contribution in [0.3, 0.4) is 0 Å². The SMILES string of the molecule is CCOC(=O)CSCC(=O)Nc1ccc(C)cc1C. The largest absolute Gasteiger partial charge is 0.465 e. The van der Waals surface area contributed by atoms with E-state index in [0.29, 0.717) is 6.61 Å². The molecule has 1 aromatic rings. The number of benzene rings is 1. The summed E-state index contributed by atoms with van der Waals surface area (Å²) in [6.07, 6.45) is 0. The molecule has 0 aliphatic heterocycles. The molecule has 1 N–H and O–H groups in total. The summed E-state index contributed by atoms with van der Waals surface area (Å²) in [5.41, 5.74) is 3.00. The van der Waals surface area contributed by atoms with E-state index in [1.807, 2.05) is 32.0 Å². The fourth-order valence-electron chi connectivity index (χ4n) is 1.57. The first-order valence-corrected chi connectivity index (χ1v) is 7.29. The van der Waals surface area contributed by atoms with Crippen molar-refractivity contribution >= 4 is 29.3 Å². The quantitative estimate of drug-likeness (QED) is 0.814. The zero-order valence-electron chi connectivity index (χ0n) is 11.5. The molecule has 0 aromatic heterocycles. The lowest BCUT2D eigenvalue weighted by atomic mass is 10.1. The van der Waals surface area contributed by atoms with Crippen LogP contribution >= 0.6 is 11.8 Å². The van der Waals surface area contributed by atoms with Gasteiger partial charge in [-0.1, -0.05) is 17.7 Å². The van der Waals surface area contributed by atoms with E-state index < -0.39 is 0 Å². The maximum atomic E-state index is 11.7. The predicted octanol–water partition coefficient (Wildman–Crippen LogP) is 2.54. The van der Waals surface area contributed by atoms with Crippen LogP contribution in [0.15, 0.2) is 18.2 Å². The second-order valence-corrected chi connectivity index (χ2v) is 5.15. The van der Waals surface area contributed by atoms with Crippen LogP contribution in [-0.2, 0) is 14.3 Å². The number of hydrogen-bond donors (Lipinski definition) is 1. The van der Waals surface area contributed by atoms with Crippen LogP contribution in [0.25, 0.3) is 0 Å². The van der Waals surface area contributed by atoms with Crippen molar-refractivity contribution in [3.05, 3.63) is 29.3 Å². The number of ether oxygens (including phenoxy) is 1. The number of thioether (sulfide) groups is 1. The van der Waals surface area contributed by atoms with Crippen molar-refractivity contribution in [3.8, 4) is 0 Å². The second kappa shape index (κ2) is 7.84. The summed E-state index contributed by atoms with van der Waals surface area (Å²) >= 11 is 1.25. The summed E-state index contributed by atoms with van der Waals surface area (Å²) < 4.78 is 4.78. The Balaban J connectivity index is 2.37. The van der Waals surface area contributed by atoms with Gasteiger partial charge in [0, 0.05) is 5.69 Å². The first kappa shape index (κ1) is 15.6. The number of nitrogens with one attached hydrogen (secondary N) is 1. The molecule has 19 heavy (non-hydrogen) atoms. The van der Waals surface area contributed by atoms with E-state index in [1.165, 1.54) is 11.8 Å². The molecule has 0 aliphatic rings. The Morgan fingerprint density at radius 1 is 1.26 bits per heavy atom. The molecule has 1 aromatic carbocycles.